The van der Waals surface area contributed by atoms with E-state index in [0.29, 0.717) is 12.0 Å². The summed E-state index contributed by atoms with van der Waals surface area (Å²) in [4.78, 5) is 7.36. The molecule has 0 radical (unpaired) electrons. The van der Waals surface area contributed by atoms with Crippen LogP contribution in [0.4, 0.5) is 5.82 Å². The van der Waals surface area contributed by atoms with Crippen LogP contribution in [0.2, 0.25) is 0 Å². The van der Waals surface area contributed by atoms with Crippen molar-refractivity contribution in [1.29, 1.82) is 0 Å². The van der Waals surface area contributed by atoms with E-state index in [-0.39, 0.29) is 0 Å². The molecule has 1 aromatic heterocycles. The molecule has 0 bridgehead atoms. The van der Waals surface area contributed by atoms with Crippen molar-refractivity contribution in [2.24, 2.45) is 0 Å². The summed E-state index contributed by atoms with van der Waals surface area (Å²) in [5.41, 5.74) is 1.18. The molecule has 6 nitrogen and oxygen atoms in total. The molecular weight excluding hydrogens is 302 g/mol. The normalized spacial score (nSPS) is 23.3. The van der Waals surface area contributed by atoms with E-state index in [9.17, 15) is 0 Å². The van der Waals surface area contributed by atoms with Crippen molar-refractivity contribution in [3.05, 3.63) is 17.8 Å². The van der Waals surface area contributed by atoms with Gasteiger partial charge in [-0.05, 0) is 38.4 Å². The topological polar surface area (TPSA) is 44.7 Å². The van der Waals surface area contributed by atoms with E-state index in [1.807, 2.05) is 0 Å². The van der Waals surface area contributed by atoms with Crippen LogP contribution in [0.1, 0.15) is 30.9 Å². The van der Waals surface area contributed by atoms with Crippen molar-refractivity contribution in [3.63, 3.8) is 0 Å². The van der Waals surface area contributed by atoms with Gasteiger partial charge in [0.25, 0.3) is 0 Å². The first-order chi connectivity index (χ1) is 11.8. The van der Waals surface area contributed by atoms with Crippen molar-refractivity contribution in [1.82, 2.24) is 20.0 Å². The molecule has 0 amide bonds. The van der Waals surface area contributed by atoms with Gasteiger partial charge in [-0.15, -0.1) is 5.10 Å². The maximum absolute atomic E-state index is 5.53. The van der Waals surface area contributed by atoms with E-state index in [4.69, 9.17) is 4.74 Å². The van der Waals surface area contributed by atoms with E-state index < -0.39 is 0 Å². The Labute approximate surface area is 144 Å². The quantitative estimate of drug-likeness (QED) is 0.780. The second-order valence-electron chi connectivity index (χ2n) is 7.44. The summed E-state index contributed by atoms with van der Waals surface area (Å²) < 4.78 is 5.53. The lowest BCUT2D eigenvalue weighted by molar-refractivity contribution is 0.134. The van der Waals surface area contributed by atoms with Gasteiger partial charge in [-0.1, -0.05) is 0 Å². The molecule has 3 aliphatic rings. The minimum atomic E-state index is 0.637. The van der Waals surface area contributed by atoms with E-state index in [1.165, 1.54) is 25.1 Å². The molecule has 6 heteroatoms. The highest BCUT2D eigenvalue weighted by atomic mass is 16.5. The van der Waals surface area contributed by atoms with Crippen LogP contribution in [-0.4, -0.2) is 85.6 Å². The van der Waals surface area contributed by atoms with Gasteiger partial charge in [-0.2, -0.15) is 5.10 Å². The predicted molar refractivity (Wildman–Crippen MR) is 94.5 cm³/mol. The number of nitrogens with zero attached hydrogens (tertiary/aromatic N) is 5. The first-order valence-corrected chi connectivity index (χ1v) is 9.38. The fourth-order valence-corrected chi connectivity index (χ4v) is 3.53. The summed E-state index contributed by atoms with van der Waals surface area (Å²) in [5.74, 6) is 1.72. The number of hydrogen-bond donors (Lipinski definition) is 0. The zero-order valence-electron chi connectivity index (χ0n) is 14.7. The second-order valence-corrected chi connectivity index (χ2v) is 7.44. The molecule has 0 aromatic carbocycles. The number of ether oxygens (including phenoxy) is 1. The lowest BCUT2D eigenvalue weighted by atomic mass is 10.1. The number of rotatable bonds is 6. The second kappa shape index (κ2) is 7.33. The van der Waals surface area contributed by atoms with Gasteiger partial charge < -0.3 is 9.64 Å². The molecule has 2 saturated heterocycles. The number of hydrogen-bond acceptors (Lipinski definition) is 6. The molecule has 24 heavy (non-hydrogen) atoms. The molecule has 0 unspecified atom stereocenters. The Bertz CT molecular complexity index is 519. The number of anilines is 1. The smallest absolute Gasteiger partial charge is 0.151 e. The molecule has 1 aliphatic carbocycles. The Morgan fingerprint density at radius 1 is 1.17 bits per heavy atom. The van der Waals surface area contributed by atoms with Crippen LogP contribution in [0.25, 0.3) is 0 Å². The molecule has 1 aromatic rings. The average Bonchev–Trinajstić information content (AvgIpc) is 3.39. The summed E-state index contributed by atoms with van der Waals surface area (Å²) in [7, 11) is 2.25. The van der Waals surface area contributed by atoms with E-state index in [2.05, 4.69) is 44.1 Å². The van der Waals surface area contributed by atoms with Crippen LogP contribution >= 0.6 is 0 Å². The maximum atomic E-state index is 5.53. The van der Waals surface area contributed by atoms with Crippen LogP contribution in [0.15, 0.2) is 12.1 Å². The Morgan fingerprint density at radius 3 is 2.79 bits per heavy atom. The summed E-state index contributed by atoms with van der Waals surface area (Å²) in [6, 6.07) is 4.95. The standard InChI is InChI=1S/C18H29N5O/c1-21(8-9-22-7-2-11-24-12-10-22)16-13-23(14-16)18-6-5-17(19-20-18)15-3-4-15/h5-6,15-16H,2-4,7-14H2,1H3. The third-order valence-electron chi connectivity index (χ3n) is 5.56. The van der Waals surface area contributed by atoms with Crippen molar-refractivity contribution in [2.75, 3.05) is 64.4 Å². The number of aromatic nitrogens is 2. The monoisotopic (exact) mass is 331 g/mol. The van der Waals surface area contributed by atoms with Crippen LogP contribution in [0, 0.1) is 0 Å². The van der Waals surface area contributed by atoms with E-state index in [0.717, 1.165) is 58.2 Å². The summed E-state index contributed by atoms with van der Waals surface area (Å²) in [5, 5.41) is 8.82. The van der Waals surface area contributed by atoms with Crippen LogP contribution < -0.4 is 4.90 Å². The average molecular weight is 331 g/mol. The van der Waals surface area contributed by atoms with Gasteiger partial charge in [0.1, 0.15) is 0 Å². The number of likely N-dealkylation sites (N-methyl/N-ethyl adjacent to an activating group) is 1. The minimum absolute atomic E-state index is 0.637. The molecule has 3 heterocycles. The largest absolute Gasteiger partial charge is 0.380 e. The van der Waals surface area contributed by atoms with Gasteiger partial charge in [-0.3, -0.25) is 9.80 Å². The zero-order valence-corrected chi connectivity index (χ0v) is 14.7. The highest BCUT2D eigenvalue weighted by Gasteiger charge is 2.32. The van der Waals surface area contributed by atoms with Gasteiger partial charge in [0, 0.05) is 57.8 Å². The SMILES string of the molecule is CN(CCN1CCCOCC1)C1CN(c2ccc(C3CC3)nn2)C1. The summed E-state index contributed by atoms with van der Waals surface area (Å²) >= 11 is 0. The van der Waals surface area contributed by atoms with E-state index >= 15 is 0 Å². The highest BCUT2D eigenvalue weighted by molar-refractivity contribution is 5.42. The van der Waals surface area contributed by atoms with Crippen molar-refractivity contribution < 1.29 is 4.74 Å². The fourth-order valence-electron chi connectivity index (χ4n) is 3.53. The molecule has 132 valence electrons. The van der Waals surface area contributed by atoms with Crippen molar-refractivity contribution >= 4 is 5.82 Å². The third kappa shape index (κ3) is 3.87. The fraction of sp³-hybridized carbons (Fsp3) is 0.778. The van der Waals surface area contributed by atoms with Crippen LogP contribution in [0.3, 0.4) is 0 Å². The molecule has 1 saturated carbocycles. The third-order valence-corrected chi connectivity index (χ3v) is 5.56. The Balaban J connectivity index is 1.20. The van der Waals surface area contributed by atoms with Gasteiger partial charge in [0.15, 0.2) is 5.82 Å². The van der Waals surface area contributed by atoms with Gasteiger partial charge >= 0.3 is 0 Å². The summed E-state index contributed by atoms with van der Waals surface area (Å²) in [6.45, 7) is 8.47. The first-order valence-electron chi connectivity index (χ1n) is 9.38. The maximum Gasteiger partial charge on any atom is 0.151 e. The Kier molecular flexibility index (Phi) is 4.96. The van der Waals surface area contributed by atoms with Crippen molar-refractivity contribution in [3.8, 4) is 0 Å². The Morgan fingerprint density at radius 2 is 2.04 bits per heavy atom. The molecule has 0 N–H and O–H groups in total. The van der Waals surface area contributed by atoms with E-state index in [1.54, 1.807) is 0 Å². The minimum Gasteiger partial charge on any atom is -0.380 e. The molecule has 0 atom stereocenters. The Hall–Kier alpha value is -1.24. The zero-order chi connectivity index (χ0) is 16.4. The van der Waals surface area contributed by atoms with Crippen molar-refractivity contribution in [2.45, 2.75) is 31.2 Å². The van der Waals surface area contributed by atoms with Crippen LogP contribution in [0.5, 0.6) is 0 Å². The molecular formula is C18H29N5O. The molecule has 0 spiro atoms. The first kappa shape index (κ1) is 16.2. The lowest BCUT2D eigenvalue weighted by Gasteiger charge is -2.44. The van der Waals surface area contributed by atoms with Gasteiger partial charge in [-0.25, -0.2) is 0 Å². The predicted octanol–water partition coefficient (Wildman–Crippen LogP) is 1.20. The highest BCUT2D eigenvalue weighted by Crippen LogP contribution is 2.38. The summed E-state index contributed by atoms with van der Waals surface area (Å²) in [6.07, 6.45) is 3.73. The van der Waals surface area contributed by atoms with Gasteiger partial charge in [0.05, 0.1) is 12.3 Å². The molecule has 3 fully saturated rings. The molecule has 2 aliphatic heterocycles. The lowest BCUT2D eigenvalue weighted by Crippen LogP contribution is -2.59. The van der Waals surface area contributed by atoms with Crippen LogP contribution in [-0.2, 0) is 4.74 Å². The van der Waals surface area contributed by atoms with Gasteiger partial charge in [0.2, 0.25) is 0 Å². The molecule has 4 rings (SSSR count).